The number of halogens is 1. The largest absolute Gasteiger partial charge is 0.797 e. The summed E-state index contributed by atoms with van der Waals surface area (Å²) in [6, 6.07) is 18.8. The Bertz CT molecular complexity index is 397. The van der Waals surface area contributed by atoms with Crippen molar-refractivity contribution in [3.05, 3.63) is 60.7 Å². The van der Waals surface area contributed by atoms with Crippen LogP contribution in [0, 0.1) is 0 Å². The molecule has 0 radical (unpaired) electrons. The molecule has 5 heteroatoms. The average Bonchev–Trinajstić information content (AvgIpc) is 2.40. The molecule has 0 atom stereocenters. The zero-order chi connectivity index (χ0) is 11.9. The van der Waals surface area contributed by atoms with Crippen LogP contribution in [0.4, 0.5) is 0 Å². The molecule has 2 rings (SSSR count). The molecule has 86 valence electrons. The molecule has 0 unspecified atom stereocenters. The minimum absolute atomic E-state index is 0.699. The van der Waals surface area contributed by atoms with Crippen LogP contribution in [-0.2, 0) is 2.98 Å². The van der Waals surface area contributed by atoms with E-state index in [0.29, 0.717) is 11.5 Å². The SMILES string of the molecule is IOB(Oc1ccccc1)Oc1ccccc1. The molecule has 0 aromatic heterocycles. The molecule has 0 bridgehead atoms. The first-order valence-corrected chi connectivity index (χ1v) is 5.97. The van der Waals surface area contributed by atoms with Crippen molar-refractivity contribution in [2.24, 2.45) is 0 Å². The van der Waals surface area contributed by atoms with E-state index in [9.17, 15) is 0 Å². The summed E-state index contributed by atoms with van der Waals surface area (Å²) in [5.74, 6) is 1.40. The fraction of sp³-hybridized carbons (Fsp3) is 0. The molecular formula is C12H10BIO3. The van der Waals surface area contributed by atoms with Crippen molar-refractivity contribution in [3.63, 3.8) is 0 Å². The molecule has 2 aromatic rings. The monoisotopic (exact) mass is 340 g/mol. The molecule has 0 aliphatic carbocycles. The zero-order valence-electron chi connectivity index (χ0n) is 8.95. The summed E-state index contributed by atoms with van der Waals surface area (Å²) in [7, 11) is -0.764. The first-order valence-electron chi connectivity index (χ1n) is 5.09. The second-order valence-corrected chi connectivity index (χ2v) is 3.75. The van der Waals surface area contributed by atoms with E-state index >= 15 is 0 Å². The van der Waals surface area contributed by atoms with E-state index in [1.165, 1.54) is 0 Å². The van der Waals surface area contributed by atoms with Gasteiger partial charge >= 0.3 is 7.32 Å². The lowest BCUT2D eigenvalue weighted by Gasteiger charge is -2.12. The van der Waals surface area contributed by atoms with Gasteiger partial charge in [0.05, 0.1) is 23.0 Å². The van der Waals surface area contributed by atoms with Crippen LogP contribution in [0.15, 0.2) is 60.7 Å². The fourth-order valence-corrected chi connectivity index (χ4v) is 1.49. The molecule has 17 heavy (non-hydrogen) atoms. The van der Waals surface area contributed by atoms with Crippen LogP contribution in [0.3, 0.4) is 0 Å². The summed E-state index contributed by atoms with van der Waals surface area (Å²) in [5, 5.41) is 0. The highest BCUT2D eigenvalue weighted by Gasteiger charge is 2.26. The fourth-order valence-electron chi connectivity index (χ4n) is 1.28. The van der Waals surface area contributed by atoms with Gasteiger partial charge in [0, 0.05) is 0 Å². The Morgan fingerprint density at radius 3 is 1.47 bits per heavy atom. The Morgan fingerprint density at radius 1 is 0.706 bits per heavy atom. The Balaban J connectivity index is 1.98. The quantitative estimate of drug-likeness (QED) is 0.616. The van der Waals surface area contributed by atoms with Gasteiger partial charge in [-0.25, -0.2) is 0 Å². The minimum atomic E-state index is -0.764. The van der Waals surface area contributed by atoms with Crippen molar-refractivity contribution in [3.8, 4) is 11.5 Å². The minimum Gasteiger partial charge on any atom is -0.500 e. The number of para-hydroxylation sites is 2. The van der Waals surface area contributed by atoms with Crippen molar-refractivity contribution in [1.82, 2.24) is 0 Å². The third kappa shape index (κ3) is 3.94. The van der Waals surface area contributed by atoms with Crippen molar-refractivity contribution in [1.29, 1.82) is 0 Å². The highest BCUT2D eigenvalue weighted by molar-refractivity contribution is 14.1. The third-order valence-electron chi connectivity index (χ3n) is 2.02. The molecule has 0 aliphatic rings. The third-order valence-corrected chi connectivity index (χ3v) is 2.44. The summed E-state index contributed by atoms with van der Waals surface area (Å²) < 4.78 is 16.1. The van der Waals surface area contributed by atoms with Gasteiger partial charge in [0.2, 0.25) is 0 Å². The molecule has 0 saturated heterocycles. The van der Waals surface area contributed by atoms with Gasteiger partial charge in [-0.1, -0.05) is 36.4 Å². The predicted octanol–water partition coefficient (Wildman–Crippen LogP) is 3.50. The molecule has 2 aromatic carbocycles. The Hall–Kier alpha value is -1.21. The van der Waals surface area contributed by atoms with E-state index < -0.39 is 7.32 Å². The van der Waals surface area contributed by atoms with Gasteiger partial charge in [0.15, 0.2) is 0 Å². The van der Waals surface area contributed by atoms with Gasteiger partial charge in [-0.3, -0.25) is 2.98 Å². The van der Waals surface area contributed by atoms with Crippen LogP contribution in [-0.4, -0.2) is 7.32 Å². The molecule has 3 nitrogen and oxygen atoms in total. The van der Waals surface area contributed by atoms with Crippen LogP contribution >= 0.6 is 23.0 Å². The second kappa shape index (κ2) is 6.51. The molecule has 0 aliphatic heterocycles. The van der Waals surface area contributed by atoms with Gasteiger partial charge < -0.3 is 9.31 Å². The summed E-state index contributed by atoms with van der Waals surface area (Å²) in [6.45, 7) is 0. The summed E-state index contributed by atoms with van der Waals surface area (Å²) >= 11 is 1.75. The van der Waals surface area contributed by atoms with E-state index in [-0.39, 0.29) is 0 Å². The number of benzene rings is 2. The van der Waals surface area contributed by atoms with E-state index in [0.717, 1.165) is 0 Å². The van der Waals surface area contributed by atoms with Gasteiger partial charge in [-0.15, -0.1) is 0 Å². The highest BCUT2D eigenvalue weighted by Crippen LogP contribution is 2.15. The normalized spacial score (nSPS) is 9.71. The lowest BCUT2D eigenvalue weighted by Crippen LogP contribution is -2.30. The maximum Gasteiger partial charge on any atom is 0.797 e. The van der Waals surface area contributed by atoms with Crippen molar-refractivity contribution < 1.29 is 12.3 Å². The molecule has 0 N–H and O–H groups in total. The molecule has 0 fully saturated rings. The second-order valence-electron chi connectivity index (χ2n) is 3.24. The highest BCUT2D eigenvalue weighted by atomic mass is 127. The Labute approximate surface area is 115 Å². The number of hydrogen-bond acceptors (Lipinski definition) is 3. The van der Waals surface area contributed by atoms with Gasteiger partial charge in [0.25, 0.3) is 0 Å². The number of hydrogen-bond donors (Lipinski definition) is 0. The van der Waals surface area contributed by atoms with Gasteiger partial charge in [-0.2, -0.15) is 0 Å². The molecular weight excluding hydrogens is 330 g/mol. The lowest BCUT2D eigenvalue weighted by molar-refractivity contribution is 0.343. The van der Waals surface area contributed by atoms with E-state index in [1.807, 2.05) is 60.7 Å². The van der Waals surface area contributed by atoms with E-state index in [4.69, 9.17) is 12.3 Å². The summed E-state index contributed by atoms with van der Waals surface area (Å²) in [6.07, 6.45) is 0. The van der Waals surface area contributed by atoms with E-state index in [2.05, 4.69) is 0 Å². The van der Waals surface area contributed by atoms with Crippen LogP contribution in [0.5, 0.6) is 11.5 Å². The molecule has 0 heterocycles. The molecule has 0 amide bonds. The first-order chi connectivity index (χ1) is 8.38. The predicted molar refractivity (Wildman–Crippen MR) is 75.0 cm³/mol. The Kier molecular flexibility index (Phi) is 4.69. The Morgan fingerprint density at radius 2 is 1.12 bits per heavy atom. The number of rotatable bonds is 5. The smallest absolute Gasteiger partial charge is 0.500 e. The van der Waals surface area contributed by atoms with Gasteiger partial charge in [-0.05, 0) is 24.3 Å². The standard InChI is InChI=1S/C12H10BIO3/c14-17-13(15-11-7-3-1-4-8-11)16-12-9-5-2-6-10-12/h1-10H. The maximum atomic E-state index is 5.52. The summed E-state index contributed by atoms with van der Waals surface area (Å²) in [4.78, 5) is 0. The van der Waals surface area contributed by atoms with Crippen molar-refractivity contribution >= 4 is 30.3 Å². The van der Waals surface area contributed by atoms with Crippen molar-refractivity contribution in [2.75, 3.05) is 0 Å². The molecule has 0 spiro atoms. The van der Waals surface area contributed by atoms with Gasteiger partial charge in [0.1, 0.15) is 11.5 Å². The summed E-state index contributed by atoms with van der Waals surface area (Å²) in [5.41, 5.74) is 0. The zero-order valence-corrected chi connectivity index (χ0v) is 11.1. The first kappa shape index (κ1) is 12.3. The lowest BCUT2D eigenvalue weighted by atomic mass is 10.2. The van der Waals surface area contributed by atoms with E-state index in [1.54, 1.807) is 23.0 Å². The maximum absolute atomic E-state index is 5.52. The van der Waals surface area contributed by atoms with Crippen LogP contribution in [0.2, 0.25) is 0 Å². The van der Waals surface area contributed by atoms with Crippen LogP contribution in [0.25, 0.3) is 0 Å². The molecule has 0 saturated carbocycles. The van der Waals surface area contributed by atoms with Crippen LogP contribution < -0.4 is 9.31 Å². The topological polar surface area (TPSA) is 27.7 Å². The average molecular weight is 340 g/mol. The van der Waals surface area contributed by atoms with Crippen molar-refractivity contribution in [2.45, 2.75) is 0 Å². The van der Waals surface area contributed by atoms with Crippen LogP contribution in [0.1, 0.15) is 0 Å².